The van der Waals surface area contributed by atoms with Gasteiger partial charge < -0.3 is 14.5 Å². The average molecular weight is 478 g/mol. The first-order valence-electron chi connectivity index (χ1n) is 11.9. The van der Waals surface area contributed by atoms with Crippen LogP contribution in [0.5, 0.6) is 11.5 Å². The Labute approximate surface area is 207 Å². The summed E-state index contributed by atoms with van der Waals surface area (Å²) < 4.78 is 11.6. The summed E-state index contributed by atoms with van der Waals surface area (Å²) in [6, 6.07) is 20.5. The first-order valence-corrected chi connectivity index (χ1v) is 11.9. The largest absolute Gasteiger partial charge is 0.452 e. The quantitative estimate of drug-likeness (QED) is 0.232. The third-order valence-electron chi connectivity index (χ3n) is 6.84. The molecule has 0 saturated heterocycles. The van der Waals surface area contributed by atoms with Crippen LogP contribution in [0.25, 0.3) is 17.0 Å². The van der Waals surface area contributed by atoms with Gasteiger partial charge in [0.25, 0.3) is 5.56 Å². The summed E-state index contributed by atoms with van der Waals surface area (Å²) in [5.41, 5.74) is 3.83. The molecular formula is C30H23NO5. The van der Waals surface area contributed by atoms with Gasteiger partial charge in [0.1, 0.15) is 11.5 Å². The van der Waals surface area contributed by atoms with Crippen LogP contribution < -0.4 is 15.0 Å². The van der Waals surface area contributed by atoms with Crippen LogP contribution in [0.1, 0.15) is 64.7 Å². The van der Waals surface area contributed by atoms with Gasteiger partial charge in [-0.15, -0.1) is 0 Å². The summed E-state index contributed by atoms with van der Waals surface area (Å²) in [4.78, 5) is 41.7. The molecule has 36 heavy (non-hydrogen) atoms. The second-order valence-electron chi connectivity index (χ2n) is 9.49. The van der Waals surface area contributed by atoms with Crippen LogP contribution in [0.4, 0.5) is 0 Å². The van der Waals surface area contributed by atoms with E-state index in [0.29, 0.717) is 39.6 Å². The van der Waals surface area contributed by atoms with E-state index in [2.05, 4.69) is 18.8 Å². The van der Waals surface area contributed by atoms with Crippen molar-refractivity contribution >= 4 is 28.7 Å². The minimum atomic E-state index is -0.609. The molecular weight excluding hydrogens is 454 g/mol. The molecule has 1 aromatic heterocycles. The summed E-state index contributed by atoms with van der Waals surface area (Å²) in [5, 5.41) is 0.850. The number of allylic oxidation sites excluding steroid dienone is 1. The number of hydrogen-bond acceptors (Lipinski definition) is 5. The summed E-state index contributed by atoms with van der Waals surface area (Å²) in [5.74, 6) is -0.0507. The molecule has 3 heterocycles. The zero-order chi connectivity index (χ0) is 25.0. The van der Waals surface area contributed by atoms with Gasteiger partial charge in [0.2, 0.25) is 5.78 Å². The Morgan fingerprint density at radius 2 is 1.72 bits per heavy atom. The number of pyridine rings is 1. The Bertz CT molecular complexity index is 1640. The summed E-state index contributed by atoms with van der Waals surface area (Å²) >= 11 is 0. The summed E-state index contributed by atoms with van der Waals surface area (Å²) in [6.45, 7) is 4.25. The number of carbonyl (C=O) groups excluding carboxylic acids is 2. The van der Waals surface area contributed by atoms with Crippen molar-refractivity contribution in [2.24, 2.45) is 0 Å². The molecule has 0 fully saturated rings. The van der Waals surface area contributed by atoms with Crippen LogP contribution in [0.2, 0.25) is 0 Å². The van der Waals surface area contributed by atoms with Crippen molar-refractivity contribution < 1.29 is 19.1 Å². The fourth-order valence-electron chi connectivity index (χ4n) is 4.92. The van der Waals surface area contributed by atoms with Crippen LogP contribution in [0.15, 0.2) is 77.3 Å². The number of nitrogens with one attached hydrogen (secondary N) is 1. The predicted octanol–water partition coefficient (Wildman–Crippen LogP) is 5.71. The van der Waals surface area contributed by atoms with Gasteiger partial charge in [-0.05, 0) is 52.8 Å². The molecule has 3 aromatic carbocycles. The minimum absolute atomic E-state index is 0.0296. The maximum absolute atomic E-state index is 13.2. The zero-order valence-electron chi connectivity index (χ0n) is 19.8. The molecule has 2 aliphatic rings. The Balaban J connectivity index is 1.45. The number of ketones is 1. The number of fused-ring (bicyclic) bond motifs is 4. The molecule has 0 aliphatic carbocycles. The van der Waals surface area contributed by atoms with Crippen molar-refractivity contribution in [2.45, 2.75) is 32.1 Å². The second kappa shape index (κ2) is 8.34. The Morgan fingerprint density at radius 3 is 2.50 bits per heavy atom. The Morgan fingerprint density at radius 1 is 0.944 bits per heavy atom. The van der Waals surface area contributed by atoms with E-state index in [9.17, 15) is 14.4 Å². The lowest BCUT2D eigenvalue weighted by Crippen LogP contribution is -2.26. The van der Waals surface area contributed by atoms with E-state index in [-0.39, 0.29) is 23.5 Å². The molecule has 0 amide bonds. The van der Waals surface area contributed by atoms with Gasteiger partial charge in [-0.25, -0.2) is 0 Å². The molecule has 2 aliphatic heterocycles. The van der Waals surface area contributed by atoms with Crippen LogP contribution in [-0.2, 0) is 4.79 Å². The number of esters is 1. The fourth-order valence-corrected chi connectivity index (χ4v) is 4.92. The topological polar surface area (TPSA) is 85.5 Å². The number of aromatic amines is 1. The third-order valence-corrected chi connectivity index (χ3v) is 6.84. The van der Waals surface area contributed by atoms with Crippen LogP contribution in [0.3, 0.4) is 0 Å². The number of rotatable bonds is 3. The maximum atomic E-state index is 13.2. The van der Waals surface area contributed by atoms with Gasteiger partial charge in [0.05, 0.1) is 12.0 Å². The molecule has 1 unspecified atom stereocenters. The lowest BCUT2D eigenvalue weighted by Gasteiger charge is -2.26. The molecule has 0 radical (unpaired) electrons. The van der Waals surface area contributed by atoms with Crippen LogP contribution >= 0.6 is 0 Å². The highest BCUT2D eigenvalue weighted by atomic mass is 16.5. The standard InChI is InChI=1S/C30H23NO5/c1-16(2)18-9-7-17(8-10-18)13-25-28(33)20-11-12-24-27(29(20)36-25)21(15-26(32)35-24)22-14-19-5-3-4-6-23(19)31-30(22)34/h3-14,16,21H,15H2,1-2H3,(H,31,34)/b25-13-. The lowest BCUT2D eigenvalue weighted by atomic mass is 9.85. The zero-order valence-corrected chi connectivity index (χ0v) is 19.8. The van der Waals surface area contributed by atoms with Gasteiger partial charge in [-0.2, -0.15) is 0 Å². The van der Waals surface area contributed by atoms with Gasteiger partial charge in [0.15, 0.2) is 5.76 Å². The van der Waals surface area contributed by atoms with Crippen molar-refractivity contribution in [1.82, 2.24) is 4.98 Å². The van der Waals surface area contributed by atoms with E-state index < -0.39 is 11.9 Å². The monoisotopic (exact) mass is 477 g/mol. The van der Waals surface area contributed by atoms with Gasteiger partial charge in [0, 0.05) is 22.6 Å². The molecule has 0 spiro atoms. The van der Waals surface area contributed by atoms with Gasteiger partial charge in [-0.3, -0.25) is 14.4 Å². The van der Waals surface area contributed by atoms with Crippen molar-refractivity contribution in [3.63, 3.8) is 0 Å². The lowest BCUT2D eigenvalue weighted by molar-refractivity contribution is -0.135. The molecule has 6 nitrogen and oxygen atoms in total. The number of hydrogen-bond donors (Lipinski definition) is 1. The molecule has 178 valence electrons. The number of benzene rings is 3. The van der Waals surface area contributed by atoms with E-state index in [1.54, 1.807) is 24.3 Å². The molecule has 0 bridgehead atoms. The fraction of sp³-hybridized carbons (Fsp3) is 0.167. The molecule has 6 rings (SSSR count). The normalized spacial score (nSPS) is 17.8. The molecule has 1 N–H and O–H groups in total. The number of para-hydroxylation sites is 1. The van der Waals surface area contributed by atoms with E-state index in [1.165, 1.54) is 5.56 Å². The van der Waals surface area contributed by atoms with E-state index >= 15 is 0 Å². The predicted molar refractivity (Wildman–Crippen MR) is 137 cm³/mol. The SMILES string of the molecule is CC(C)c1ccc(/C=C2\Oc3c(ccc4c3C(c3cc5ccccc5[nH]c3=O)CC(=O)O4)C2=O)cc1. The van der Waals surface area contributed by atoms with Crippen molar-refractivity contribution in [1.29, 1.82) is 0 Å². The van der Waals surface area contributed by atoms with Crippen LogP contribution in [-0.4, -0.2) is 16.7 Å². The van der Waals surface area contributed by atoms with E-state index in [4.69, 9.17) is 9.47 Å². The first-order chi connectivity index (χ1) is 17.4. The van der Waals surface area contributed by atoms with Crippen molar-refractivity contribution in [3.8, 4) is 11.5 Å². The number of ether oxygens (including phenoxy) is 2. The van der Waals surface area contributed by atoms with Gasteiger partial charge in [-0.1, -0.05) is 56.3 Å². The van der Waals surface area contributed by atoms with Gasteiger partial charge >= 0.3 is 5.97 Å². The summed E-state index contributed by atoms with van der Waals surface area (Å²) in [7, 11) is 0. The molecule has 4 aromatic rings. The number of carbonyl (C=O) groups is 2. The smallest absolute Gasteiger partial charge is 0.312 e. The average Bonchev–Trinajstić information content (AvgIpc) is 3.18. The highest BCUT2D eigenvalue weighted by Crippen LogP contribution is 2.48. The minimum Gasteiger partial charge on any atom is -0.452 e. The Hall–Kier alpha value is -4.45. The summed E-state index contributed by atoms with van der Waals surface area (Å²) in [6.07, 6.45) is 1.68. The van der Waals surface area contributed by atoms with Crippen LogP contribution in [0, 0.1) is 0 Å². The number of aromatic nitrogens is 1. The van der Waals surface area contributed by atoms with E-state index in [1.807, 2.05) is 48.5 Å². The van der Waals surface area contributed by atoms with E-state index in [0.717, 1.165) is 10.9 Å². The molecule has 0 saturated carbocycles. The first kappa shape index (κ1) is 22.0. The highest BCUT2D eigenvalue weighted by molar-refractivity contribution is 6.15. The third kappa shape index (κ3) is 3.62. The van der Waals surface area contributed by atoms with Crippen molar-refractivity contribution in [2.75, 3.05) is 0 Å². The molecule has 6 heteroatoms. The Kier molecular flexibility index (Phi) is 5.11. The molecule has 1 atom stereocenters. The number of Topliss-reactive ketones (excluding diaryl/α,β-unsaturated/α-hetero) is 1. The highest BCUT2D eigenvalue weighted by Gasteiger charge is 2.39. The second-order valence-corrected chi connectivity index (χ2v) is 9.49. The van der Waals surface area contributed by atoms with Crippen molar-refractivity contribution in [3.05, 3.63) is 111 Å². The number of H-pyrrole nitrogens is 1. The maximum Gasteiger partial charge on any atom is 0.312 e.